The minimum atomic E-state index is -3.70. The average Bonchev–Trinajstić information content (AvgIpc) is 3.06. The second-order valence-corrected chi connectivity index (χ2v) is 11.5. The molecule has 4 rings (SSSR count). The Balaban J connectivity index is 1.45. The van der Waals surface area contributed by atoms with Crippen molar-refractivity contribution in [3.63, 3.8) is 0 Å². The Kier molecular flexibility index (Phi) is 5.65. The third-order valence-corrected chi connectivity index (χ3v) is 9.07. The molecule has 32 heavy (non-hydrogen) atoms. The molecule has 2 atom stereocenters. The zero-order valence-electron chi connectivity index (χ0n) is 18.4. The molecule has 0 amide bonds. The van der Waals surface area contributed by atoms with Gasteiger partial charge in [0.05, 0.1) is 16.7 Å². The van der Waals surface area contributed by atoms with Gasteiger partial charge in [-0.05, 0) is 72.4 Å². The van der Waals surface area contributed by atoms with Crippen molar-refractivity contribution < 1.29 is 23.1 Å². The summed E-state index contributed by atoms with van der Waals surface area (Å²) in [6.07, 6.45) is 3.33. The molecular formula is C25H29NO5S. The first-order chi connectivity index (χ1) is 15.0. The summed E-state index contributed by atoms with van der Waals surface area (Å²) in [5, 5.41) is 9.14. The number of aromatic carboxylic acids is 1. The first-order valence-corrected chi connectivity index (χ1v) is 12.6. The van der Waals surface area contributed by atoms with E-state index < -0.39 is 21.4 Å². The van der Waals surface area contributed by atoms with Crippen LogP contribution in [0.25, 0.3) is 0 Å². The molecule has 0 saturated heterocycles. The number of carbonyl (C=O) groups is 2. The van der Waals surface area contributed by atoms with E-state index in [1.165, 1.54) is 0 Å². The monoisotopic (exact) mass is 455 g/mol. The van der Waals surface area contributed by atoms with E-state index in [-0.39, 0.29) is 28.4 Å². The van der Waals surface area contributed by atoms with Gasteiger partial charge in [-0.2, -0.15) is 0 Å². The van der Waals surface area contributed by atoms with Gasteiger partial charge in [0.2, 0.25) is 10.0 Å². The molecule has 2 aromatic rings. The molecule has 2 aliphatic rings. The van der Waals surface area contributed by atoms with E-state index in [9.17, 15) is 18.0 Å². The van der Waals surface area contributed by atoms with Crippen molar-refractivity contribution in [1.29, 1.82) is 0 Å². The average molecular weight is 456 g/mol. The Hall–Kier alpha value is -2.67. The molecule has 2 fully saturated rings. The highest BCUT2D eigenvalue weighted by Crippen LogP contribution is 2.64. The molecule has 0 aliphatic heterocycles. The number of carboxylic acids is 1. The fourth-order valence-corrected chi connectivity index (χ4v) is 7.47. The number of rotatable bonds is 8. The third-order valence-electron chi connectivity index (χ3n) is 7.65. The molecule has 2 bridgehead atoms. The molecule has 0 heterocycles. The Morgan fingerprint density at radius 3 is 2.34 bits per heavy atom. The topological polar surface area (TPSA) is 101 Å². The Morgan fingerprint density at radius 2 is 1.75 bits per heavy atom. The Bertz CT molecular complexity index is 1170. The molecule has 2 aliphatic carbocycles. The first-order valence-electron chi connectivity index (χ1n) is 11.0. The summed E-state index contributed by atoms with van der Waals surface area (Å²) in [7, 11) is -3.70. The summed E-state index contributed by atoms with van der Waals surface area (Å²) in [6.45, 7) is 4.07. The number of carboxylic acid groups (broad SMARTS) is 1. The van der Waals surface area contributed by atoms with Crippen molar-refractivity contribution in [2.75, 3.05) is 10.5 Å². The lowest BCUT2D eigenvalue weighted by molar-refractivity contribution is -0.128. The zero-order chi connectivity index (χ0) is 23.1. The molecule has 7 heteroatoms. The van der Waals surface area contributed by atoms with Crippen molar-refractivity contribution in [3.05, 3.63) is 65.2 Å². The van der Waals surface area contributed by atoms with E-state index in [4.69, 9.17) is 5.11 Å². The fraction of sp³-hybridized carbons (Fsp3) is 0.440. The quantitative estimate of drug-likeness (QED) is 0.618. The number of hydrogen-bond donors (Lipinski definition) is 2. The van der Waals surface area contributed by atoms with E-state index in [1.807, 2.05) is 26.0 Å². The van der Waals surface area contributed by atoms with Crippen molar-refractivity contribution in [2.45, 2.75) is 46.0 Å². The fourth-order valence-electron chi connectivity index (χ4n) is 5.59. The van der Waals surface area contributed by atoms with Gasteiger partial charge in [0, 0.05) is 12.1 Å². The van der Waals surface area contributed by atoms with Gasteiger partial charge < -0.3 is 5.11 Å². The van der Waals surface area contributed by atoms with E-state index in [1.54, 1.807) is 36.4 Å². The molecule has 0 radical (unpaired) electrons. The molecule has 2 aromatic carbocycles. The molecule has 6 nitrogen and oxygen atoms in total. The number of anilines is 1. The van der Waals surface area contributed by atoms with Crippen molar-refractivity contribution >= 4 is 27.5 Å². The second-order valence-electron chi connectivity index (χ2n) is 9.73. The lowest BCUT2D eigenvalue weighted by Gasteiger charge is -2.36. The molecule has 0 spiro atoms. The van der Waals surface area contributed by atoms with Crippen LogP contribution in [0.5, 0.6) is 0 Å². The summed E-state index contributed by atoms with van der Waals surface area (Å²) < 4.78 is 28.8. The summed E-state index contributed by atoms with van der Waals surface area (Å²) in [5.74, 6) is -0.774. The van der Waals surface area contributed by atoms with Crippen LogP contribution < -0.4 is 4.72 Å². The van der Waals surface area contributed by atoms with Crippen LogP contribution >= 0.6 is 0 Å². The van der Waals surface area contributed by atoms with Crippen LogP contribution in [0.4, 0.5) is 5.69 Å². The normalized spacial score (nSPS) is 23.9. The highest BCUT2D eigenvalue weighted by molar-refractivity contribution is 7.92. The van der Waals surface area contributed by atoms with E-state index in [0.717, 1.165) is 17.5 Å². The second kappa shape index (κ2) is 8.03. The molecular weight excluding hydrogens is 426 g/mol. The maximum atomic E-state index is 13.0. The highest BCUT2D eigenvalue weighted by Gasteiger charge is 2.65. The number of hydrogen-bond acceptors (Lipinski definition) is 4. The van der Waals surface area contributed by atoms with E-state index >= 15 is 0 Å². The van der Waals surface area contributed by atoms with Gasteiger partial charge >= 0.3 is 5.97 Å². The first kappa shape index (κ1) is 22.5. The standard InChI is InChI=1S/C25H29NO5S/c1-24(2)20-11-12-25(24,22(27)15-20)16-32(30,31)26-21-8-4-6-18(14-21)10-9-17-5-3-7-19(13-17)23(28)29/h3-8,13-14,20,26H,9-12,15-16H2,1-2H3,(H,28,29). The van der Waals surface area contributed by atoms with Gasteiger partial charge in [0.1, 0.15) is 5.78 Å². The van der Waals surface area contributed by atoms with Crippen LogP contribution in [0.15, 0.2) is 48.5 Å². The predicted molar refractivity (Wildman–Crippen MR) is 123 cm³/mol. The molecule has 2 N–H and O–H groups in total. The number of Topliss-reactive ketones (excluding diaryl/α,β-unsaturated/α-hetero) is 1. The third kappa shape index (κ3) is 4.06. The van der Waals surface area contributed by atoms with Crippen molar-refractivity contribution in [3.8, 4) is 0 Å². The van der Waals surface area contributed by atoms with Gasteiger partial charge in [-0.25, -0.2) is 13.2 Å². The number of fused-ring (bicyclic) bond motifs is 2. The van der Waals surface area contributed by atoms with Crippen LogP contribution in [0.1, 0.15) is 54.6 Å². The van der Waals surface area contributed by atoms with Gasteiger partial charge in [0.25, 0.3) is 0 Å². The summed E-state index contributed by atoms with van der Waals surface area (Å²) >= 11 is 0. The highest BCUT2D eigenvalue weighted by atomic mass is 32.2. The largest absolute Gasteiger partial charge is 0.478 e. The maximum absolute atomic E-state index is 13.0. The van der Waals surface area contributed by atoms with Gasteiger partial charge in [-0.3, -0.25) is 9.52 Å². The van der Waals surface area contributed by atoms with Crippen LogP contribution in [0.3, 0.4) is 0 Å². The summed E-state index contributed by atoms with van der Waals surface area (Å²) in [4.78, 5) is 23.9. The Morgan fingerprint density at radius 1 is 1.09 bits per heavy atom. The predicted octanol–water partition coefficient (Wildman–Crippen LogP) is 4.31. The van der Waals surface area contributed by atoms with E-state index in [2.05, 4.69) is 4.72 Å². The molecule has 0 aromatic heterocycles. The SMILES string of the molecule is CC1(C)C2CCC1(CS(=O)(=O)Nc1cccc(CCc3cccc(C(=O)O)c3)c1)C(=O)C2. The van der Waals surface area contributed by atoms with Crippen molar-refractivity contribution in [2.24, 2.45) is 16.7 Å². The summed E-state index contributed by atoms with van der Waals surface area (Å²) in [5.41, 5.74) is 1.49. The number of sulfonamides is 1. The molecule has 170 valence electrons. The van der Waals surface area contributed by atoms with Crippen LogP contribution in [0.2, 0.25) is 0 Å². The zero-order valence-corrected chi connectivity index (χ0v) is 19.2. The number of aryl methyl sites for hydroxylation is 2. The van der Waals surface area contributed by atoms with Crippen molar-refractivity contribution in [1.82, 2.24) is 0 Å². The molecule has 2 saturated carbocycles. The number of ketones is 1. The number of nitrogens with one attached hydrogen (secondary N) is 1. The minimum Gasteiger partial charge on any atom is -0.478 e. The van der Waals surface area contributed by atoms with Gasteiger partial charge in [-0.1, -0.05) is 38.1 Å². The van der Waals surface area contributed by atoms with Gasteiger partial charge in [-0.15, -0.1) is 0 Å². The lowest BCUT2D eigenvalue weighted by Crippen LogP contribution is -2.43. The smallest absolute Gasteiger partial charge is 0.335 e. The van der Waals surface area contributed by atoms with Crippen LogP contribution in [0, 0.1) is 16.7 Å². The molecule has 2 unspecified atom stereocenters. The van der Waals surface area contributed by atoms with Crippen LogP contribution in [-0.4, -0.2) is 31.0 Å². The van der Waals surface area contributed by atoms with Crippen LogP contribution in [-0.2, 0) is 27.7 Å². The number of carbonyl (C=O) groups excluding carboxylic acids is 1. The lowest BCUT2D eigenvalue weighted by atomic mass is 9.70. The minimum absolute atomic E-state index is 0.0847. The number of benzene rings is 2. The summed E-state index contributed by atoms with van der Waals surface area (Å²) in [6, 6.07) is 14.1. The van der Waals surface area contributed by atoms with E-state index in [0.29, 0.717) is 31.4 Å². The Labute approximate surface area is 189 Å². The maximum Gasteiger partial charge on any atom is 0.335 e. The van der Waals surface area contributed by atoms with Gasteiger partial charge in [0.15, 0.2) is 0 Å².